The summed E-state index contributed by atoms with van der Waals surface area (Å²) >= 11 is 0. The summed E-state index contributed by atoms with van der Waals surface area (Å²) in [7, 11) is 0. The van der Waals surface area contributed by atoms with Gasteiger partial charge in [-0.1, -0.05) is 19.8 Å². The second kappa shape index (κ2) is 4.62. The van der Waals surface area contributed by atoms with Crippen molar-refractivity contribution in [3.63, 3.8) is 0 Å². The van der Waals surface area contributed by atoms with E-state index in [2.05, 4.69) is 6.92 Å². The predicted molar refractivity (Wildman–Crippen MR) is 35.1 cm³/mol. The quantitative estimate of drug-likeness (QED) is 0.582. The highest BCUT2D eigenvalue weighted by atomic mass is 19.3. The third-order valence-electron chi connectivity index (χ3n) is 1.42. The minimum absolute atomic E-state index is 0.0868. The van der Waals surface area contributed by atoms with E-state index in [-0.39, 0.29) is 12.8 Å². The van der Waals surface area contributed by atoms with Gasteiger partial charge in [0.15, 0.2) is 6.17 Å². The van der Waals surface area contributed by atoms with Gasteiger partial charge >= 0.3 is 12.3 Å². The summed E-state index contributed by atoms with van der Waals surface area (Å²) in [5.41, 5.74) is 0. The maximum atomic E-state index is 12.4. The van der Waals surface area contributed by atoms with Crippen LogP contribution in [0.3, 0.4) is 0 Å². The van der Waals surface area contributed by atoms with Crippen molar-refractivity contribution < 1.29 is 22.0 Å². The Morgan fingerprint density at radius 2 is 1.67 bits per heavy atom. The van der Waals surface area contributed by atoms with E-state index in [0.717, 1.165) is 0 Å². The van der Waals surface area contributed by atoms with Crippen molar-refractivity contribution in [1.82, 2.24) is 0 Å². The number of rotatable bonds is 5. The van der Waals surface area contributed by atoms with Gasteiger partial charge in [0.1, 0.15) is 0 Å². The number of hydrogen-bond donors (Lipinski definition) is 0. The molecule has 0 nitrogen and oxygen atoms in total. The molecular weight excluding hydrogens is 179 g/mol. The summed E-state index contributed by atoms with van der Waals surface area (Å²) in [6.45, 7) is 3.29. The van der Waals surface area contributed by atoms with E-state index >= 15 is 0 Å². The molecular formula is C7H10F5. The fourth-order valence-electron chi connectivity index (χ4n) is 0.653. The van der Waals surface area contributed by atoms with E-state index in [0.29, 0.717) is 0 Å². The first-order valence-corrected chi connectivity index (χ1v) is 3.52. The summed E-state index contributed by atoms with van der Waals surface area (Å²) in [5, 5.41) is 0. The summed E-state index contributed by atoms with van der Waals surface area (Å²) in [4.78, 5) is 0. The Morgan fingerprint density at radius 3 is 2.00 bits per heavy atom. The summed E-state index contributed by atoms with van der Waals surface area (Å²) in [6.07, 6.45) is -6.92. The van der Waals surface area contributed by atoms with E-state index < -0.39 is 24.9 Å². The highest BCUT2D eigenvalue weighted by molar-refractivity contribution is 4.79. The zero-order chi connectivity index (χ0) is 9.78. The first-order valence-electron chi connectivity index (χ1n) is 3.52. The highest BCUT2D eigenvalue weighted by Crippen LogP contribution is 2.31. The van der Waals surface area contributed by atoms with Crippen LogP contribution >= 0.6 is 0 Å². The smallest absolute Gasteiger partial charge is 0.241 e. The largest absolute Gasteiger partial charge is 0.337 e. The SMILES string of the molecule is [CH2]CCC[C@H](F)C(F)(F)C(F)F. The van der Waals surface area contributed by atoms with Crippen LogP contribution in [0.25, 0.3) is 0 Å². The van der Waals surface area contributed by atoms with Gasteiger partial charge in [0, 0.05) is 0 Å². The number of unbranched alkanes of at least 4 members (excludes halogenated alkanes) is 1. The van der Waals surface area contributed by atoms with Crippen molar-refractivity contribution in [2.45, 2.75) is 37.8 Å². The van der Waals surface area contributed by atoms with Crippen LogP contribution in [0.15, 0.2) is 0 Å². The fourth-order valence-corrected chi connectivity index (χ4v) is 0.653. The molecule has 0 aliphatic heterocycles. The van der Waals surface area contributed by atoms with Crippen LogP contribution in [0, 0.1) is 6.92 Å². The van der Waals surface area contributed by atoms with E-state index in [1.54, 1.807) is 0 Å². The second-order valence-electron chi connectivity index (χ2n) is 2.44. The Kier molecular flexibility index (Phi) is 4.49. The first-order chi connectivity index (χ1) is 5.42. The Hall–Kier alpha value is -0.350. The molecule has 0 aromatic carbocycles. The minimum atomic E-state index is -4.52. The molecule has 0 amide bonds. The van der Waals surface area contributed by atoms with Crippen LogP contribution in [0.1, 0.15) is 19.3 Å². The third-order valence-corrected chi connectivity index (χ3v) is 1.42. The van der Waals surface area contributed by atoms with Crippen LogP contribution in [0.5, 0.6) is 0 Å². The fraction of sp³-hybridized carbons (Fsp3) is 0.857. The molecule has 0 bridgehead atoms. The molecule has 1 radical (unpaired) electrons. The van der Waals surface area contributed by atoms with Crippen molar-refractivity contribution in [3.05, 3.63) is 6.92 Å². The van der Waals surface area contributed by atoms with Crippen molar-refractivity contribution in [2.75, 3.05) is 0 Å². The van der Waals surface area contributed by atoms with Gasteiger partial charge in [0.05, 0.1) is 0 Å². The van der Waals surface area contributed by atoms with Crippen LogP contribution in [-0.4, -0.2) is 18.5 Å². The third kappa shape index (κ3) is 2.95. The summed E-state index contributed by atoms with van der Waals surface area (Å²) in [5.74, 6) is -4.52. The minimum Gasteiger partial charge on any atom is -0.241 e. The molecule has 0 aromatic rings. The molecule has 0 unspecified atom stereocenters. The van der Waals surface area contributed by atoms with Gasteiger partial charge < -0.3 is 0 Å². The Morgan fingerprint density at radius 1 is 1.17 bits per heavy atom. The molecule has 0 aliphatic rings. The van der Waals surface area contributed by atoms with Crippen molar-refractivity contribution in [1.29, 1.82) is 0 Å². The lowest BCUT2D eigenvalue weighted by atomic mass is 10.1. The monoisotopic (exact) mass is 189 g/mol. The molecule has 0 spiro atoms. The lowest BCUT2D eigenvalue weighted by Gasteiger charge is -2.19. The van der Waals surface area contributed by atoms with Crippen LogP contribution in [0.2, 0.25) is 0 Å². The molecule has 0 saturated heterocycles. The van der Waals surface area contributed by atoms with E-state index in [9.17, 15) is 22.0 Å². The maximum absolute atomic E-state index is 12.4. The zero-order valence-corrected chi connectivity index (χ0v) is 6.37. The number of alkyl halides is 5. The first kappa shape index (κ1) is 11.6. The van der Waals surface area contributed by atoms with Gasteiger partial charge in [-0.05, 0) is 6.42 Å². The van der Waals surface area contributed by atoms with Gasteiger partial charge in [-0.25, -0.2) is 13.2 Å². The van der Waals surface area contributed by atoms with E-state index in [1.807, 2.05) is 0 Å². The molecule has 0 fully saturated rings. The topological polar surface area (TPSA) is 0 Å². The Balaban J connectivity index is 3.97. The van der Waals surface area contributed by atoms with Crippen LogP contribution in [-0.2, 0) is 0 Å². The normalized spacial score (nSPS) is 15.2. The van der Waals surface area contributed by atoms with Gasteiger partial charge in [0.25, 0.3) is 0 Å². The molecule has 73 valence electrons. The van der Waals surface area contributed by atoms with E-state index in [4.69, 9.17) is 0 Å². The molecule has 0 aromatic heterocycles. The van der Waals surface area contributed by atoms with Crippen molar-refractivity contribution in [3.8, 4) is 0 Å². The second-order valence-corrected chi connectivity index (χ2v) is 2.44. The van der Waals surface area contributed by atoms with Gasteiger partial charge in [-0.2, -0.15) is 8.78 Å². The lowest BCUT2D eigenvalue weighted by Crippen LogP contribution is -2.37. The molecule has 0 saturated carbocycles. The molecule has 0 heterocycles. The molecule has 1 atom stereocenters. The summed E-state index contributed by atoms with van der Waals surface area (Å²) < 4.78 is 59.6. The molecule has 5 heteroatoms. The number of halogens is 5. The van der Waals surface area contributed by atoms with Gasteiger partial charge in [-0.3, -0.25) is 0 Å². The van der Waals surface area contributed by atoms with Gasteiger partial charge in [-0.15, -0.1) is 0 Å². The van der Waals surface area contributed by atoms with E-state index in [1.165, 1.54) is 0 Å². The predicted octanol–water partition coefficient (Wildman–Crippen LogP) is 3.23. The van der Waals surface area contributed by atoms with Crippen LogP contribution in [0.4, 0.5) is 22.0 Å². The zero-order valence-electron chi connectivity index (χ0n) is 6.37. The molecule has 0 N–H and O–H groups in total. The lowest BCUT2D eigenvalue weighted by molar-refractivity contribution is -0.172. The summed E-state index contributed by atoms with van der Waals surface area (Å²) in [6, 6.07) is 0. The number of hydrogen-bond acceptors (Lipinski definition) is 0. The Labute approximate surface area is 67.8 Å². The average molecular weight is 189 g/mol. The Bertz CT molecular complexity index is 123. The maximum Gasteiger partial charge on any atom is 0.337 e. The molecule has 0 rings (SSSR count). The van der Waals surface area contributed by atoms with Gasteiger partial charge in [0.2, 0.25) is 0 Å². The molecule has 12 heavy (non-hydrogen) atoms. The average Bonchev–Trinajstić information content (AvgIpc) is 1.99. The van der Waals surface area contributed by atoms with Crippen LogP contribution < -0.4 is 0 Å². The standard InChI is InChI=1S/C7H10F5/c1-2-3-4-5(8)7(11,12)6(9)10/h5-6H,1-4H2/t5-/m0/s1. The van der Waals surface area contributed by atoms with Crippen molar-refractivity contribution >= 4 is 0 Å². The highest BCUT2D eigenvalue weighted by Gasteiger charge is 2.48. The molecule has 0 aliphatic carbocycles. The van der Waals surface area contributed by atoms with Crippen molar-refractivity contribution in [2.24, 2.45) is 0 Å².